The van der Waals surface area contributed by atoms with Crippen molar-refractivity contribution in [3.63, 3.8) is 0 Å². The molecule has 0 bridgehead atoms. The van der Waals surface area contributed by atoms with Gasteiger partial charge in [0.15, 0.2) is 0 Å². The van der Waals surface area contributed by atoms with Gasteiger partial charge in [-0.3, -0.25) is 9.48 Å². The number of carbonyl (C=O) groups excluding carboxylic acids is 1. The summed E-state index contributed by atoms with van der Waals surface area (Å²) in [7, 11) is 0. The van der Waals surface area contributed by atoms with Gasteiger partial charge in [-0.25, -0.2) is 0 Å². The summed E-state index contributed by atoms with van der Waals surface area (Å²) >= 11 is 0. The van der Waals surface area contributed by atoms with Crippen molar-refractivity contribution < 1.29 is 4.79 Å². The summed E-state index contributed by atoms with van der Waals surface area (Å²) in [5, 5.41) is 10.2. The van der Waals surface area contributed by atoms with Crippen LogP contribution in [0.5, 0.6) is 0 Å². The van der Waals surface area contributed by atoms with Gasteiger partial charge in [-0.05, 0) is 23.8 Å². The number of nitrogens with one attached hydrogen (secondary N) is 1. The van der Waals surface area contributed by atoms with E-state index in [0.29, 0.717) is 18.8 Å². The van der Waals surface area contributed by atoms with Gasteiger partial charge in [-0.15, -0.1) is 5.10 Å². The third-order valence-corrected chi connectivity index (χ3v) is 2.48. The molecule has 0 fully saturated rings. The van der Waals surface area contributed by atoms with Crippen LogP contribution in [0.2, 0.25) is 0 Å². The van der Waals surface area contributed by atoms with Gasteiger partial charge in [0.1, 0.15) is 0 Å². The van der Waals surface area contributed by atoms with Crippen molar-refractivity contribution in [2.75, 3.05) is 12.3 Å². The monoisotopic (exact) mass is 257 g/mol. The highest BCUT2D eigenvalue weighted by molar-refractivity contribution is 5.91. The molecular weight excluding hydrogens is 242 g/mol. The Bertz CT molecular complexity index is 545. The van der Waals surface area contributed by atoms with Crippen molar-refractivity contribution >= 4 is 17.7 Å². The molecule has 6 nitrogen and oxygen atoms in total. The van der Waals surface area contributed by atoms with Crippen LogP contribution in [0, 0.1) is 0 Å². The zero-order valence-corrected chi connectivity index (χ0v) is 10.4. The van der Waals surface area contributed by atoms with Crippen LogP contribution in [-0.4, -0.2) is 27.4 Å². The standard InChI is InChI=1S/C13H15N5O/c14-12-4-1-11(2-5-12)3-6-13(19)15-7-9-18-10-8-16-17-18/h1-6,8,10H,7,9,14H2,(H,15,19)/b6-3+. The largest absolute Gasteiger partial charge is 0.399 e. The van der Waals surface area contributed by atoms with E-state index in [9.17, 15) is 4.79 Å². The molecule has 0 spiro atoms. The first-order valence-corrected chi connectivity index (χ1v) is 5.89. The fourth-order valence-corrected chi connectivity index (χ4v) is 1.48. The third kappa shape index (κ3) is 4.27. The van der Waals surface area contributed by atoms with Gasteiger partial charge in [0.25, 0.3) is 0 Å². The van der Waals surface area contributed by atoms with E-state index in [1.54, 1.807) is 35.3 Å². The molecule has 3 N–H and O–H groups in total. The second kappa shape index (κ2) is 6.34. The van der Waals surface area contributed by atoms with E-state index >= 15 is 0 Å². The van der Waals surface area contributed by atoms with Crippen molar-refractivity contribution in [1.82, 2.24) is 20.3 Å². The molecule has 0 atom stereocenters. The topological polar surface area (TPSA) is 85.8 Å². The van der Waals surface area contributed by atoms with Crippen LogP contribution in [-0.2, 0) is 11.3 Å². The third-order valence-electron chi connectivity index (χ3n) is 2.48. The molecule has 0 radical (unpaired) electrons. The minimum Gasteiger partial charge on any atom is -0.399 e. The van der Waals surface area contributed by atoms with Crippen molar-refractivity contribution in [2.45, 2.75) is 6.54 Å². The summed E-state index contributed by atoms with van der Waals surface area (Å²) in [4.78, 5) is 11.5. The van der Waals surface area contributed by atoms with Crippen molar-refractivity contribution in [3.05, 3.63) is 48.3 Å². The van der Waals surface area contributed by atoms with Crippen LogP contribution in [0.25, 0.3) is 6.08 Å². The van der Waals surface area contributed by atoms with Gasteiger partial charge in [0.2, 0.25) is 5.91 Å². The van der Waals surface area contributed by atoms with Gasteiger partial charge in [-0.2, -0.15) is 0 Å². The number of rotatable bonds is 5. The van der Waals surface area contributed by atoms with Crippen LogP contribution in [0.3, 0.4) is 0 Å². The number of aromatic nitrogens is 3. The summed E-state index contributed by atoms with van der Waals surface area (Å²) in [6, 6.07) is 7.30. The molecule has 1 heterocycles. The predicted octanol–water partition coefficient (Wildman–Crippen LogP) is 0.690. The average molecular weight is 257 g/mol. The lowest BCUT2D eigenvalue weighted by Gasteiger charge is -2.01. The first-order valence-electron chi connectivity index (χ1n) is 5.89. The molecule has 2 aromatic rings. The lowest BCUT2D eigenvalue weighted by molar-refractivity contribution is -0.116. The number of nitrogens with two attached hydrogens (primary N) is 1. The minimum absolute atomic E-state index is 0.142. The zero-order valence-electron chi connectivity index (χ0n) is 10.4. The highest BCUT2D eigenvalue weighted by Gasteiger charge is 1.96. The zero-order chi connectivity index (χ0) is 13.5. The Morgan fingerprint density at radius 1 is 1.37 bits per heavy atom. The van der Waals surface area contributed by atoms with Gasteiger partial charge in [0, 0.05) is 24.5 Å². The smallest absolute Gasteiger partial charge is 0.244 e. The lowest BCUT2D eigenvalue weighted by Crippen LogP contribution is -2.25. The Balaban J connectivity index is 1.76. The molecule has 1 aromatic carbocycles. The number of hydrogen-bond acceptors (Lipinski definition) is 4. The molecule has 0 aliphatic heterocycles. The number of carbonyl (C=O) groups is 1. The summed E-state index contributed by atoms with van der Waals surface area (Å²) in [6.07, 6.45) is 6.58. The summed E-state index contributed by atoms with van der Waals surface area (Å²) in [6.45, 7) is 1.11. The Morgan fingerprint density at radius 3 is 2.84 bits per heavy atom. The Labute approximate surface area is 110 Å². The number of hydrogen-bond donors (Lipinski definition) is 2. The highest BCUT2D eigenvalue weighted by atomic mass is 16.1. The maximum atomic E-state index is 11.5. The Kier molecular flexibility index (Phi) is 4.28. The number of amides is 1. The fourth-order valence-electron chi connectivity index (χ4n) is 1.48. The molecule has 0 saturated carbocycles. The molecule has 0 aliphatic rings. The first-order chi connectivity index (χ1) is 9.24. The summed E-state index contributed by atoms with van der Waals surface area (Å²) in [5.74, 6) is -0.142. The van der Waals surface area contributed by atoms with Gasteiger partial charge in [-0.1, -0.05) is 17.3 Å². The van der Waals surface area contributed by atoms with E-state index in [0.717, 1.165) is 5.56 Å². The van der Waals surface area contributed by atoms with Crippen LogP contribution >= 0.6 is 0 Å². The maximum Gasteiger partial charge on any atom is 0.244 e. The first kappa shape index (κ1) is 12.8. The molecule has 0 saturated heterocycles. The van der Waals surface area contributed by atoms with Gasteiger partial charge < -0.3 is 11.1 Å². The molecule has 6 heteroatoms. The van der Waals surface area contributed by atoms with E-state index in [-0.39, 0.29) is 5.91 Å². The summed E-state index contributed by atoms with van der Waals surface area (Å²) in [5.41, 5.74) is 7.21. The van der Waals surface area contributed by atoms with E-state index in [1.165, 1.54) is 6.08 Å². The van der Waals surface area contributed by atoms with Crippen LogP contribution in [0.1, 0.15) is 5.56 Å². The van der Waals surface area contributed by atoms with E-state index in [4.69, 9.17) is 5.73 Å². The number of benzene rings is 1. The molecule has 1 amide bonds. The van der Waals surface area contributed by atoms with Gasteiger partial charge in [0.05, 0.1) is 12.7 Å². The van der Waals surface area contributed by atoms with Crippen LogP contribution < -0.4 is 11.1 Å². The minimum atomic E-state index is -0.142. The molecule has 1 aromatic heterocycles. The van der Waals surface area contributed by atoms with Gasteiger partial charge >= 0.3 is 0 Å². The number of nitrogens with zero attached hydrogens (tertiary/aromatic N) is 3. The average Bonchev–Trinajstić information content (AvgIpc) is 2.91. The van der Waals surface area contributed by atoms with E-state index in [2.05, 4.69) is 15.6 Å². The second-order valence-electron chi connectivity index (χ2n) is 3.96. The Hall–Kier alpha value is -2.63. The lowest BCUT2D eigenvalue weighted by atomic mass is 10.2. The van der Waals surface area contributed by atoms with Crippen molar-refractivity contribution in [2.24, 2.45) is 0 Å². The van der Waals surface area contributed by atoms with Crippen LogP contribution in [0.15, 0.2) is 42.7 Å². The second-order valence-corrected chi connectivity index (χ2v) is 3.96. The quantitative estimate of drug-likeness (QED) is 0.609. The van der Waals surface area contributed by atoms with Crippen molar-refractivity contribution in [1.29, 1.82) is 0 Å². The number of nitrogen functional groups attached to an aromatic ring is 1. The molecule has 19 heavy (non-hydrogen) atoms. The maximum absolute atomic E-state index is 11.5. The van der Waals surface area contributed by atoms with Crippen LogP contribution in [0.4, 0.5) is 5.69 Å². The van der Waals surface area contributed by atoms with E-state index < -0.39 is 0 Å². The van der Waals surface area contributed by atoms with E-state index in [1.807, 2.05) is 12.1 Å². The summed E-state index contributed by atoms with van der Waals surface area (Å²) < 4.78 is 1.66. The number of anilines is 1. The molecule has 2 rings (SSSR count). The SMILES string of the molecule is Nc1ccc(/C=C/C(=O)NCCn2ccnn2)cc1. The highest BCUT2D eigenvalue weighted by Crippen LogP contribution is 2.06. The molecule has 0 aliphatic carbocycles. The Morgan fingerprint density at radius 2 is 2.16 bits per heavy atom. The molecule has 98 valence electrons. The molecular formula is C13H15N5O. The van der Waals surface area contributed by atoms with Crippen molar-refractivity contribution in [3.8, 4) is 0 Å². The fraction of sp³-hybridized carbons (Fsp3) is 0.154. The normalized spacial score (nSPS) is 10.7. The predicted molar refractivity (Wildman–Crippen MR) is 72.9 cm³/mol. The molecule has 0 unspecified atom stereocenters.